The number of piperidine rings is 1. The zero-order valence-electron chi connectivity index (χ0n) is 15.4. The molecule has 1 saturated heterocycles. The van der Waals surface area contributed by atoms with Crippen LogP contribution in [-0.4, -0.2) is 47.5 Å². The van der Waals surface area contributed by atoms with E-state index < -0.39 is 0 Å². The Kier molecular flexibility index (Phi) is 5.58. The van der Waals surface area contributed by atoms with Gasteiger partial charge in [-0.1, -0.05) is 6.07 Å². The predicted octanol–water partition coefficient (Wildman–Crippen LogP) is 2.60. The van der Waals surface area contributed by atoms with Crippen LogP contribution in [0.5, 0.6) is 11.5 Å². The van der Waals surface area contributed by atoms with Gasteiger partial charge in [0.1, 0.15) is 18.0 Å². The molecule has 1 fully saturated rings. The first kappa shape index (κ1) is 17.9. The van der Waals surface area contributed by atoms with E-state index in [9.17, 15) is 5.11 Å². The van der Waals surface area contributed by atoms with Gasteiger partial charge in [0, 0.05) is 25.6 Å². The lowest BCUT2D eigenvalue weighted by Crippen LogP contribution is -2.42. The zero-order chi connectivity index (χ0) is 18.5. The van der Waals surface area contributed by atoms with Gasteiger partial charge in [0.15, 0.2) is 11.5 Å². The second-order valence-electron chi connectivity index (χ2n) is 6.97. The fraction of sp³-hybridized carbons (Fsp3) is 0.500. The lowest BCUT2D eigenvalue weighted by molar-refractivity contribution is 0.239. The quantitative estimate of drug-likeness (QED) is 0.837. The third-order valence-electron chi connectivity index (χ3n) is 5.07. The van der Waals surface area contributed by atoms with Crippen molar-refractivity contribution in [3.8, 4) is 11.5 Å². The molecule has 0 radical (unpaired) electrons. The van der Waals surface area contributed by atoms with Crippen molar-refractivity contribution in [2.75, 3.05) is 36.6 Å². The molecular weight excluding hydrogens is 344 g/mol. The Morgan fingerprint density at radius 2 is 1.96 bits per heavy atom. The summed E-state index contributed by atoms with van der Waals surface area (Å²) in [4.78, 5) is 10.9. The van der Waals surface area contributed by atoms with Gasteiger partial charge < -0.3 is 24.8 Å². The molecule has 7 heteroatoms. The molecule has 1 atom stereocenters. The topological polar surface area (TPSA) is 79.7 Å². The van der Waals surface area contributed by atoms with E-state index in [0.717, 1.165) is 60.9 Å². The van der Waals surface area contributed by atoms with Crippen LogP contribution in [-0.2, 0) is 6.54 Å². The summed E-state index contributed by atoms with van der Waals surface area (Å²) in [6.07, 6.45) is 5.76. The van der Waals surface area contributed by atoms with E-state index in [0.29, 0.717) is 19.8 Å². The number of hydrogen-bond donors (Lipinski definition) is 2. The number of anilines is 2. The molecule has 0 spiro atoms. The maximum atomic E-state index is 9.64. The second-order valence-corrected chi connectivity index (χ2v) is 6.97. The van der Waals surface area contributed by atoms with Crippen LogP contribution < -0.4 is 19.7 Å². The second kappa shape index (κ2) is 8.43. The largest absolute Gasteiger partial charge is 0.490 e. The number of aromatic nitrogens is 2. The molecule has 1 aromatic heterocycles. The van der Waals surface area contributed by atoms with Crippen molar-refractivity contribution in [3.63, 3.8) is 0 Å². The first-order valence-corrected chi connectivity index (χ1v) is 9.65. The number of nitrogens with one attached hydrogen (secondary N) is 1. The van der Waals surface area contributed by atoms with E-state index >= 15 is 0 Å². The maximum Gasteiger partial charge on any atom is 0.161 e. The molecule has 0 saturated carbocycles. The molecule has 1 unspecified atom stereocenters. The summed E-state index contributed by atoms with van der Waals surface area (Å²) in [7, 11) is 0. The molecule has 2 aliphatic rings. The number of ether oxygens (including phenoxy) is 2. The van der Waals surface area contributed by atoms with Crippen LogP contribution in [0.2, 0.25) is 0 Å². The Hall–Kier alpha value is -2.54. The molecule has 1 aromatic carbocycles. The highest BCUT2D eigenvalue weighted by Gasteiger charge is 2.23. The van der Waals surface area contributed by atoms with Crippen LogP contribution in [0.25, 0.3) is 0 Å². The minimum atomic E-state index is 0.142. The van der Waals surface area contributed by atoms with E-state index in [1.165, 1.54) is 0 Å². The minimum absolute atomic E-state index is 0.142. The highest BCUT2D eigenvalue weighted by atomic mass is 16.5. The molecule has 3 heterocycles. The molecule has 4 rings (SSSR count). The third kappa shape index (κ3) is 4.24. The average Bonchev–Trinajstić information content (AvgIpc) is 2.97. The van der Waals surface area contributed by atoms with Gasteiger partial charge in [-0.2, -0.15) is 0 Å². The standard InChI is InChI=1S/C20H26N4O3/c25-13-16-4-1-2-7-24(16)20-11-19(22-14-23-20)21-12-15-5-6-17-18(10-15)27-9-3-8-26-17/h5-6,10-11,14,16,25H,1-4,7-9,12-13H2,(H,21,22,23). The first-order chi connectivity index (χ1) is 13.3. The summed E-state index contributed by atoms with van der Waals surface area (Å²) in [5, 5.41) is 13.0. The van der Waals surface area contributed by atoms with E-state index in [2.05, 4.69) is 20.2 Å². The molecule has 0 amide bonds. The van der Waals surface area contributed by atoms with Crippen LogP contribution in [0.3, 0.4) is 0 Å². The highest BCUT2D eigenvalue weighted by molar-refractivity contribution is 5.50. The number of hydrogen-bond acceptors (Lipinski definition) is 7. The molecule has 2 N–H and O–H groups in total. The van der Waals surface area contributed by atoms with Crippen LogP contribution in [0.4, 0.5) is 11.6 Å². The van der Waals surface area contributed by atoms with E-state index in [-0.39, 0.29) is 12.6 Å². The van der Waals surface area contributed by atoms with Crippen molar-refractivity contribution in [1.82, 2.24) is 9.97 Å². The van der Waals surface area contributed by atoms with Gasteiger partial charge in [0.25, 0.3) is 0 Å². The molecule has 144 valence electrons. The number of aliphatic hydroxyl groups excluding tert-OH is 1. The molecule has 27 heavy (non-hydrogen) atoms. The van der Waals surface area contributed by atoms with Crippen molar-refractivity contribution in [1.29, 1.82) is 0 Å². The number of fused-ring (bicyclic) bond motifs is 1. The molecule has 2 aliphatic heterocycles. The average molecular weight is 370 g/mol. The third-order valence-corrected chi connectivity index (χ3v) is 5.07. The fourth-order valence-electron chi connectivity index (χ4n) is 3.60. The Labute approximate surface area is 159 Å². The maximum absolute atomic E-state index is 9.64. The van der Waals surface area contributed by atoms with Gasteiger partial charge in [0.2, 0.25) is 0 Å². The van der Waals surface area contributed by atoms with Gasteiger partial charge in [-0.25, -0.2) is 9.97 Å². The SMILES string of the molecule is OCC1CCCCN1c1cc(NCc2ccc3c(c2)OCCCO3)ncn1. The number of nitrogens with zero attached hydrogens (tertiary/aromatic N) is 3. The first-order valence-electron chi connectivity index (χ1n) is 9.65. The summed E-state index contributed by atoms with van der Waals surface area (Å²) in [6, 6.07) is 8.11. The lowest BCUT2D eigenvalue weighted by Gasteiger charge is -2.35. The van der Waals surface area contributed by atoms with E-state index in [1.54, 1.807) is 6.33 Å². The Balaban J connectivity index is 1.43. The van der Waals surface area contributed by atoms with Gasteiger partial charge in [-0.3, -0.25) is 0 Å². The van der Waals surface area contributed by atoms with Gasteiger partial charge in [-0.05, 0) is 37.0 Å². The van der Waals surface area contributed by atoms with Crippen molar-refractivity contribution in [3.05, 3.63) is 36.2 Å². The minimum Gasteiger partial charge on any atom is -0.490 e. The molecule has 0 bridgehead atoms. The summed E-state index contributed by atoms with van der Waals surface area (Å²) < 4.78 is 11.4. The smallest absolute Gasteiger partial charge is 0.161 e. The Morgan fingerprint density at radius 3 is 2.85 bits per heavy atom. The summed E-state index contributed by atoms with van der Waals surface area (Å²) in [5.41, 5.74) is 1.10. The monoisotopic (exact) mass is 370 g/mol. The normalized spacial score (nSPS) is 19.4. The summed E-state index contributed by atoms with van der Waals surface area (Å²) in [6.45, 7) is 3.09. The summed E-state index contributed by atoms with van der Waals surface area (Å²) >= 11 is 0. The van der Waals surface area contributed by atoms with Crippen molar-refractivity contribution < 1.29 is 14.6 Å². The zero-order valence-corrected chi connectivity index (χ0v) is 15.4. The van der Waals surface area contributed by atoms with Crippen LogP contribution in [0.1, 0.15) is 31.2 Å². The summed E-state index contributed by atoms with van der Waals surface area (Å²) in [5.74, 6) is 3.24. The van der Waals surface area contributed by atoms with E-state index in [1.807, 2.05) is 24.3 Å². The van der Waals surface area contributed by atoms with Crippen LogP contribution in [0, 0.1) is 0 Å². The van der Waals surface area contributed by atoms with Crippen molar-refractivity contribution in [2.45, 2.75) is 38.3 Å². The van der Waals surface area contributed by atoms with Gasteiger partial charge >= 0.3 is 0 Å². The number of benzene rings is 1. The molecule has 7 nitrogen and oxygen atoms in total. The predicted molar refractivity (Wildman–Crippen MR) is 103 cm³/mol. The van der Waals surface area contributed by atoms with Crippen LogP contribution >= 0.6 is 0 Å². The Morgan fingerprint density at radius 1 is 1.07 bits per heavy atom. The van der Waals surface area contributed by atoms with Crippen molar-refractivity contribution >= 4 is 11.6 Å². The highest BCUT2D eigenvalue weighted by Crippen LogP contribution is 2.30. The molecule has 0 aliphatic carbocycles. The Bertz CT molecular complexity index is 771. The molecule has 2 aromatic rings. The number of rotatable bonds is 5. The fourth-order valence-corrected chi connectivity index (χ4v) is 3.60. The van der Waals surface area contributed by atoms with Gasteiger partial charge in [-0.15, -0.1) is 0 Å². The van der Waals surface area contributed by atoms with E-state index in [4.69, 9.17) is 9.47 Å². The van der Waals surface area contributed by atoms with Crippen LogP contribution in [0.15, 0.2) is 30.6 Å². The number of aliphatic hydroxyl groups is 1. The van der Waals surface area contributed by atoms with Crippen molar-refractivity contribution in [2.24, 2.45) is 0 Å². The lowest BCUT2D eigenvalue weighted by atomic mass is 10.0. The van der Waals surface area contributed by atoms with Gasteiger partial charge in [0.05, 0.1) is 25.9 Å². The molecular formula is C20H26N4O3.